The highest BCUT2D eigenvalue weighted by atomic mass is 14.7. The summed E-state index contributed by atoms with van der Waals surface area (Å²) in [5.74, 6) is 0. The second-order valence-corrected chi connectivity index (χ2v) is 3.17. The van der Waals surface area contributed by atoms with Gasteiger partial charge in [0.1, 0.15) is 0 Å². The molecule has 0 unspecified atom stereocenters. The van der Waals surface area contributed by atoms with Crippen LogP contribution in [0.4, 0.5) is 0 Å². The number of rotatable bonds is 5. The molecular formula is C9H21N. The summed E-state index contributed by atoms with van der Waals surface area (Å²) < 4.78 is 0. The van der Waals surface area contributed by atoms with Gasteiger partial charge in [-0.05, 0) is 19.3 Å². The van der Waals surface area contributed by atoms with Gasteiger partial charge in [-0.15, -0.1) is 0 Å². The summed E-state index contributed by atoms with van der Waals surface area (Å²) >= 11 is 0. The number of unbranched alkanes of at least 4 members (excludes halogenated alkanes) is 1. The minimum atomic E-state index is 0.135. The third-order valence-electron chi connectivity index (χ3n) is 2.44. The average molecular weight is 143 g/mol. The fourth-order valence-electron chi connectivity index (χ4n) is 1.13. The van der Waals surface area contributed by atoms with E-state index in [1.807, 2.05) is 0 Å². The first-order chi connectivity index (χ1) is 4.68. The lowest BCUT2D eigenvalue weighted by Crippen LogP contribution is -2.37. The van der Waals surface area contributed by atoms with Crippen LogP contribution in [0.3, 0.4) is 0 Å². The summed E-state index contributed by atoms with van der Waals surface area (Å²) in [6.45, 7) is 6.57. The highest BCUT2D eigenvalue weighted by Gasteiger charge is 2.18. The highest BCUT2D eigenvalue weighted by Crippen LogP contribution is 2.18. The molecule has 0 saturated carbocycles. The molecule has 0 radical (unpaired) electrons. The molecule has 2 N–H and O–H groups in total. The Morgan fingerprint density at radius 2 is 1.60 bits per heavy atom. The van der Waals surface area contributed by atoms with E-state index in [0.717, 1.165) is 12.8 Å². The first kappa shape index (κ1) is 9.96. The van der Waals surface area contributed by atoms with Crippen LogP contribution in [0.1, 0.15) is 52.9 Å². The molecule has 0 aliphatic carbocycles. The Morgan fingerprint density at radius 1 is 1.10 bits per heavy atom. The van der Waals surface area contributed by atoms with Gasteiger partial charge < -0.3 is 5.73 Å². The molecule has 0 amide bonds. The topological polar surface area (TPSA) is 26.0 Å². The Morgan fingerprint density at radius 3 is 1.90 bits per heavy atom. The largest absolute Gasteiger partial charge is 0.325 e. The minimum absolute atomic E-state index is 0.135. The zero-order chi connectivity index (χ0) is 8.04. The van der Waals surface area contributed by atoms with Crippen LogP contribution in [-0.2, 0) is 0 Å². The van der Waals surface area contributed by atoms with Gasteiger partial charge in [0.05, 0.1) is 0 Å². The van der Waals surface area contributed by atoms with E-state index in [9.17, 15) is 0 Å². The van der Waals surface area contributed by atoms with Crippen LogP contribution in [0.15, 0.2) is 0 Å². The van der Waals surface area contributed by atoms with Crippen molar-refractivity contribution in [1.82, 2.24) is 0 Å². The molecule has 62 valence electrons. The maximum Gasteiger partial charge on any atom is 0.0149 e. The lowest BCUT2D eigenvalue weighted by atomic mass is 9.88. The predicted molar refractivity (Wildman–Crippen MR) is 47.0 cm³/mol. The van der Waals surface area contributed by atoms with Crippen molar-refractivity contribution in [3.8, 4) is 0 Å². The molecule has 0 spiro atoms. The van der Waals surface area contributed by atoms with Crippen molar-refractivity contribution in [3.63, 3.8) is 0 Å². The Balaban J connectivity index is 3.58. The van der Waals surface area contributed by atoms with Crippen molar-refractivity contribution in [1.29, 1.82) is 0 Å². The van der Waals surface area contributed by atoms with E-state index in [-0.39, 0.29) is 5.54 Å². The highest BCUT2D eigenvalue weighted by molar-refractivity contribution is 4.79. The van der Waals surface area contributed by atoms with Crippen LogP contribution < -0.4 is 5.73 Å². The van der Waals surface area contributed by atoms with E-state index in [4.69, 9.17) is 5.73 Å². The molecule has 1 nitrogen and oxygen atoms in total. The van der Waals surface area contributed by atoms with Crippen molar-refractivity contribution in [2.45, 2.75) is 58.4 Å². The Bertz CT molecular complexity index is 74.8. The lowest BCUT2D eigenvalue weighted by molar-refractivity contribution is 0.356. The molecule has 0 fully saturated rings. The van der Waals surface area contributed by atoms with Gasteiger partial charge in [0, 0.05) is 5.54 Å². The van der Waals surface area contributed by atoms with Crippen LogP contribution in [0.25, 0.3) is 0 Å². The van der Waals surface area contributed by atoms with Crippen molar-refractivity contribution < 1.29 is 0 Å². The van der Waals surface area contributed by atoms with Gasteiger partial charge in [-0.1, -0.05) is 33.6 Å². The average Bonchev–Trinajstić information content (AvgIpc) is 2.00. The summed E-state index contributed by atoms with van der Waals surface area (Å²) in [6, 6.07) is 0. The van der Waals surface area contributed by atoms with E-state index >= 15 is 0 Å². The van der Waals surface area contributed by atoms with Crippen molar-refractivity contribution in [2.75, 3.05) is 0 Å². The molecule has 0 aliphatic heterocycles. The zero-order valence-corrected chi connectivity index (χ0v) is 7.61. The minimum Gasteiger partial charge on any atom is -0.325 e. The van der Waals surface area contributed by atoms with E-state index in [2.05, 4.69) is 20.8 Å². The standard InChI is InChI=1S/C9H21N/c1-4-7-8-9(10,5-2)6-3/h4-8,10H2,1-3H3. The fraction of sp³-hybridized carbons (Fsp3) is 1.00. The van der Waals surface area contributed by atoms with Crippen LogP contribution in [0.5, 0.6) is 0 Å². The second kappa shape index (κ2) is 4.73. The predicted octanol–water partition coefficient (Wildman–Crippen LogP) is 2.69. The van der Waals surface area contributed by atoms with Crippen molar-refractivity contribution in [3.05, 3.63) is 0 Å². The lowest BCUT2D eigenvalue weighted by Gasteiger charge is -2.26. The van der Waals surface area contributed by atoms with Gasteiger partial charge in [-0.2, -0.15) is 0 Å². The van der Waals surface area contributed by atoms with Crippen LogP contribution >= 0.6 is 0 Å². The van der Waals surface area contributed by atoms with Crippen LogP contribution in [0, 0.1) is 0 Å². The smallest absolute Gasteiger partial charge is 0.0149 e. The molecule has 0 saturated heterocycles. The van der Waals surface area contributed by atoms with Crippen LogP contribution in [0.2, 0.25) is 0 Å². The van der Waals surface area contributed by atoms with Gasteiger partial charge >= 0.3 is 0 Å². The van der Waals surface area contributed by atoms with Gasteiger partial charge in [-0.25, -0.2) is 0 Å². The SMILES string of the molecule is CCCCC(N)(CC)CC. The maximum absolute atomic E-state index is 6.08. The van der Waals surface area contributed by atoms with E-state index in [0.29, 0.717) is 0 Å². The zero-order valence-electron chi connectivity index (χ0n) is 7.61. The molecule has 0 atom stereocenters. The summed E-state index contributed by atoms with van der Waals surface area (Å²) in [7, 11) is 0. The van der Waals surface area contributed by atoms with Crippen LogP contribution in [-0.4, -0.2) is 5.54 Å². The Labute approximate surface area is 65.0 Å². The van der Waals surface area contributed by atoms with E-state index in [1.54, 1.807) is 0 Å². The Kier molecular flexibility index (Phi) is 4.71. The molecule has 0 rings (SSSR count). The molecule has 0 aromatic heterocycles. The van der Waals surface area contributed by atoms with Crippen molar-refractivity contribution >= 4 is 0 Å². The fourth-order valence-corrected chi connectivity index (χ4v) is 1.13. The molecule has 0 heterocycles. The number of hydrogen-bond acceptors (Lipinski definition) is 1. The summed E-state index contributed by atoms with van der Waals surface area (Å²) in [5, 5.41) is 0. The molecule has 0 aromatic carbocycles. The third kappa shape index (κ3) is 3.21. The van der Waals surface area contributed by atoms with Gasteiger partial charge in [0.25, 0.3) is 0 Å². The second-order valence-electron chi connectivity index (χ2n) is 3.17. The molecule has 1 heteroatoms. The summed E-state index contributed by atoms with van der Waals surface area (Å²) in [4.78, 5) is 0. The van der Waals surface area contributed by atoms with Gasteiger partial charge in [0.2, 0.25) is 0 Å². The number of hydrogen-bond donors (Lipinski definition) is 1. The third-order valence-corrected chi connectivity index (χ3v) is 2.44. The Hall–Kier alpha value is -0.0400. The molecule has 0 aromatic rings. The molecular weight excluding hydrogens is 122 g/mol. The summed E-state index contributed by atoms with van der Waals surface area (Å²) in [5.41, 5.74) is 6.22. The number of nitrogens with two attached hydrogens (primary N) is 1. The summed E-state index contributed by atoms with van der Waals surface area (Å²) in [6.07, 6.45) is 5.96. The normalized spacial score (nSPS) is 12.0. The van der Waals surface area contributed by atoms with E-state index < -0.39 is 0 Å². The molecule has 0 aliphatic rings. The van der Waals surface area contributed by atoms with Crippen molar-refractivity contribution in [2.24, 2.45) is 5.73 Å². The molecule has 0 bridgehead atoms. The van der Waals surface area contributed by atoms with E-state index in [1.165, 1.54) is 19.3 Å². The quantitative estimate of drug-likeness (QED) is 0.629. The first-order valence-electron chi connectivity index (χ1n) is 4.47. The van der Waals surface area contributed by atoms with Gasteiger partial charge in [0.15, 0.2) is 0 Å². The first-order valence-corrected chi connectivity index (χ1v) is 4.47. The maximum atomic E-state index is 6.08. The van der Waals surface area contributed by atoms with Gasteiger partial charge in [-0.3, -0.25) is 0 Å². The molecule has 10 heavy (non-hydrogen) atoms. The monoisotopic (exact) mass is 143 g/mol.